The number of carbonyl (C=O) groups is 1. The monoisotopic (exact) mass is 368 g/mol. The van der Waals surface area contributed by atoms with Crippen LogP contribution < -0.4 is 0 Å². The van der Waals surface area contributed by atoms with Crippen LogP contribution in [0.25, 0.3) is 0 Å². The van der Waals surface area contributed by atoms with E-state index in [0.29, 0.717) is 31.8 Å². The zero-order valence-electron chi connectivity index (χ0n) is 15.4. The molecule has 0 spiro atoms. The molecule has 2 aliphatic heterocycles. The molecule has 2 aliphatic rings. The van der Waals surface area contributed by atoms with Gasteiger partial charge in [0.25, 0.3) is 0 Å². The lowest BCUT2D eigenvalue weighted by Gasteiger charge is -2.36. The highest BCUT2D eigenvalue weighted by Crippen LogP contribution is 2.26. The molecular weight excluding hydrogens is 343 g/mol. The predicted molar refractivity (Wildman–Crippen MR) is 102 cm³/mol. The van der Waals surface area contributed by atoms with Crippen molar-refractivity contribution < 1.29 is 13.9 Å². The molecule has 0 N–H and O–H groups in total. The number of carbonyl (C=O) groups excluding carboxylic acids is 1. The summed E-state index contributed by atoms with van der Waals surface area (Å²) in [4.78, 5) is 17.2. The number of rotatable bonds is 4. The van der Waals surface area contributed by atoms with Gasteiger partial charge in [0.1, 0.15) is 11.9 Å². The molecule has 4 rings (SSSR count). The van der Waals surface area contributed by atoms with E-state index in [2.05, 4.69) is 4.90 Å². The van der Waals surface area contributed by atoms with Gasteiger partial charge in [0.05, 0.1) is 19.2 Å². The molecule has 27 heavy (non-hydrogen) atoms. The number of halogens is 1. The van der Waals surface area contributed by atoms with Crippen molar-refractivity contribution in [2.75, 3.05) is 26.2 Å². The van der Waals surface area contributed by atoms with E-state index in [-0.39, 0.29) is 23.9 Å². The van der Waals surface area contributed by atoms with Gasteiger partial charge in [0, 0.05) is 18.7 Å². The summed E-state index contributed by atoms with van der Waals surface area (Å²) in [7, 11) is 0. The summed E-state index contributed by atoms with van der Waals surface area (Å²) in [6, 6.07) is 16.7. The van der Waals surface area contributed by atoms with Crippen LogP contribution in [-0.4, -0.2) is 48.0 Å². The van der Waals surface area contributed by atoms with Crippen LogP contribution in [0.15, 0.2) is 54.6 Å². The van der Waals surface area contributed by atoms with Gasteiger partial charge in [-0.25, -0.2) is 4.39 Å². The number of nitrogens with zero attached hydrogens (tertiary/aromatic N) is 2. The lowest BCUT2D eigenvalue weighted by molar-refractivity contribution is -0.144. The number of morpholine rings is 1. The topological polar surface area (TPSA) is 32.8 Å². The predicted octanol–water partition coefficient (Wildman–Crippen LogP) is 3.39. The van der Waals surface area contributed by atoms with E-state index >= 15 is 0 Å². The maximum Gasteiger partial charge on any atom is 0.240 e. The minimum absolute atomic E-state index is 0.0784. The molecule has 0 radical (unpaired) electrons. The van der Waals surface area contributed by atoms with Crippen molar-refractivity contribution in [1.82, 2.24) is 9.80 Å². The van der Waals surface area contributed by atoms with Crippen LogP contribution in [0, 0.1) is 5.82 Å². The number of likely N-dealkylation sites (tertiary alicyclic amines) is 1. The highest BCUT2D eigenvalue weighted by molar-refractivity contribution is 5.82. The third-order valence-corrected chi connectivity index (χ3v) is 5.53. The second-order valence-corrected chi connectivity index (χ2v) is 7.27. The highest BCUT2D eigenvalue weighted by atomic mass is 19.1. The second kappa shape index (κ2) is 8.19. The first kappa shape index (κ1) is 18.1. The largest absolute Gasteiger partial charge is 0.370 e. The van der Waals surface area contributed by atoms with Crippen molar-refractivity contribution in [2.24, 2.45) is 0 Å². The molecule has 142 valence electrons. The fourth-order valence-electron chi connectivity index (χ4n) is 4.07. The minimum Gasteiger partial charge on any atom is -0.370 e. The molecule has 1 amide bonds. The van der Waals surface area contributed by atoms with Crippen LogP contribution in [0.3, 0.4) is 0 Å². The van der Waals surface area contributed by atoms with Crippen molar-refractivity contribution in [1.29, 1.82) is 0 Å². The van der Waals surface area contributed by atoms with Gasteiger partial charge >= 0.3 is 0 Å². The van der Waals surface area contributed by atoms with Gasteiger partial charge in [-0.15, -0.1) is 0 Å². The molecule has 5 heteroatoms. The Morgan fingerprint density at radius 3 is 2.67 bits per heavy atom. The fraction of sp³-hybridized carbons (Fsp3) is 0.409. The number of amides is 1. The van der Waals surface area contributed by atoms with Gasteiger partial charge in [0.15, 0.2) is 0 Å². The van der Waals surface area contributed by atoms with Crippen molar-refractivity contribution in [3.63, 3.8) is 0 Å². The Kier molecular flexibility index (Phi) is 5.50. The van der Waals surface area contributed by atoms with Crippen LogP contribution >= 0.6 is 0 Å². The first-order valence-corrected chi connectivity index (χ1v) is 9.65. The van der Waals surface area contributed by atoms with Gasteiger partial charge in [0.2, 0.25) is 5.91 Å². The summed E-state index contributed by atoms with van der Waals surface area (Å²) < 4.78 is 19.9. The lowest BCUT2D eigenvalue weighted by Crippen LogP contribution is -2.50. The summed E-state index contributed by atoms with van der Waals surface area (Å²) in [5.41, 5.74) is 1.76. The van der Waals surface area contributed by atoms with E-state index in [9.17, 15) is 9.18 Å². The summed E-state index contributed by atoms with van der Waals surface area (Å²) in [6.07, 6.45) is 1.73. The van der Waals surface area contributed by atoms with E-state index < -0.39 is 0 Å². The number of hydrogen-bond donors (Lipinski definition) is 0. The van der Waals surface area contributed by atoms with Crippen molar-refractivity contribution in [2.45, 2.75) is 31.5 Å². The van der Waals surface area contributed by atoms with E-state index in [1.165, 1.54) is 6.07 Å². The molecule has 2 atom stereocenters. The van der Waals surface area contributed by atoms with E-state index in [0.717, 1.165) is 24.9 Å². The summed E-state index contributed by atoms with van der Waals surface area (Å²) in [5, 5.41) is 0. The van der Waals surface area contributed by atoms with Crippen LogP contribution in [0.2, 0.25) is 0 Å². The molecule has 2 aromatic carbocycles. The number of benzene rings is 2. The van der Waals surface area contributed by atoms with Crippen LogP contribution in [-0.2, 0) is 16.1 Å². The third kappa shape index (κ3) is 4.04. The van der Waals surface area contributed by atoms with Crippen molar-refractivity contribution >= 4 is 5.91 Å². The molecule has 2 heterocycles. The van der Waals surface area contributed by atoms with E-state index in [1.54, 1.807) is 12.1 Å². The van der Waals surface area contributed by atoms with Gasteiger partial charge in [-0.2, -0.15) is 0 Å². The normalized spacial score (nSPS) is 23.5. The molecule has 4 nitrogen and oxygen atoms in total. The Labute approximate surface area is 159 Å². The Hall–Kier alpha value is -2.24. The first-order chi connectivity index (χ1) is 13.2. The standard InChI is InChI=1S/C22H25FN2O2/c23-19-10-5-4-9-18(19)15-24-12-6-11-20(24)22(26)25-13-14-27-21(16-25)17-7-2-1-3-8-17/h1-5,7-10,20-21H,6,11-16H2. The summed E-state index contributed by atoms with van der Waals surface area (Å²) in [6.45, 7) is 3.05. The Bertz CT molecular complexity index is 783. The van der Waals surface area contributed by atoms with E-state index in [4.69, 9.17) is 4.74 Å². The molecule has 2 fully saturated rings. The molecule has 0 aromatic heterocycles. The Balaban J connectivity index is 1.44. The molecule has 2 unspecified atom stereocenters. The molecule has 0 saturated carbocycles. The minimum atomic E-state index is -0.203. The molecule has 2 saturated heterocycles. The van der Waals surface area contributed by atoms with Gasteiger partial charge in [-0.05, 0) is 31.0 Å². The SMILES string of the molecule is O=C(C1CCCN1Cc1ccccc1F)N1CCOC(c2ccccc2)C1. The summed E-state index contributed by atoms with van der Waals surface area (Å²) >= 11 is 0. The average Bonchev–Trinajstić information content (AvgIpc) is 3.18. The van der Waals surface area contributed by atoms with Gasteiger partial charge in [-0.3, -0.25) is 9.69 Å². The summed E-state index contributed by atoms with van der Waals surface area (Å²) in [5.74, 6) is -0.0563. The maximum atomic E-state index is 14.0. The van der Waals surface area contributed by atoms with Crippen LogP contribution in [0.4, 0.5) is 4.39 Å². The molecular formula is C22H25FN2O2. The fourth-order valence-corrected chi connectivity index (χ4v) is 4.07. The quantitative estimate of drug-likeness (QED) is 0.829. The number of hydrogen-bond acceptors (Lipinski definition) is 3. The first-order valence-electron chi connectivity index (χ1n) is 9.65. The number of ether oxygens (including phenoxy) is 1. The maximum absolute atomic E-state index is 14.0. The molecule has 2 aromatic rings. The van der Waals surface area contributed by atoms with Crippen molar-refractivity contribution in [3.05, 3.63) is 71.5 Å². The zero-order valence-corrected chi connectivity index (χ0v) is 15.4. The second-order valence-electron chi connectivity index (χ2n) is 7.27. The molecule has 0 bridgehead atoms. The van der Waals surface area contributed by atoms with Gasteiger partial charge in [-0.1, -0.05) is 48.5 Å². The third-order valence-electron chi connectivity index (χ3n) is 5.53. The zero-order chi connectivity index (χ0) is 18.6. The van der Waals surface area contributed by atoms with Crippen LogP contribution in [0.1, 0.15) is 30.1 Å². The highest BCUT2D eigenvalue weighted by Gasteiger charge is 2.36. The smallest absolute Gasteiger partial charge is 0.240 e. The van der Waals surface area contributed by atoms with Crippen molar-refractivity contribution in [3.8, 4) is 0 Å². The Morgan fingerprint density at radius 1 is 1.07 bits per heavy atom. The molecule has 0 aliphatic carbocycles. The van der Waals surface area contributed by atoms with Crippen LogP contribution in [0.5, 0.6) is 0 Å². The lowest BCUT2D eigenvalue weighted by atomic mass is 10.1. The average molecular weight is 368 g/mol. The van der Waals surface area contributed by atoms with Gasteiger partial charge < -0.3 is 9.64 Å². The van der Waals surface area contributed by atoms with E-state index in [1.807, 2.05) is 41.3 Å². The Morgan fingerprint density at radius 2 is 1.85 bits per heavy atom.